The molecule has 3 nitrogen and oxygen atoms in total. The van der Waals surface area contributed by atoms with Crippen molar-refractivity contribution >= 4 is 54.4 Å². The van der Waals surface area contributed by atoms with Crippen LogP contribution in [0.25, 0.3) is 82.3 Å². The third-order valence-corrected chi connectivity index (χ3v) is 8.94. The highest BCUT2D eigenvalue weighted by Gasteiger charge is 2.27. The zero-order chi connectivity index (χ0) is 29.2. The number of aromatic amines is 1. The first-order chi connectivity index (χ1) is 21.8. The average Bonchev–Trinajstić information content (AvgIpc) is 3.64. The predicted molar refractivity (Wildman–Crippen MR) is 183 cm³/mol. The molecule has 7 aromatic carbocycles. The Morgan fingerprint density at radius 2 is 1.23 bits per heavy atom. The number of fused-ring (bicyclic) bond motifs is 7. The maximum atomic E-state index is 10.3. The molecule has 44 heavy (non-hydrogen) atoms. The van der Waals surface area contributed by atoms with Gasteiger partial charge in [-0.1, -0.05) is 115 Å². The average molecular weight is 560 g/mol. The highest BCUT2D eigenvalue weighted by molar-refractivity contribution is 6.33. The van der Waals surface area contributed by atoms with Gasteiger partial charge in [-0.2, -0.15) is 5.26 Å². The van der Waals surface area contributed by atoms with Crippen LogP contribution in [0.4, 0.5) is 0 Å². The van der Waals surface area contributed by atoms with E-state index in [2.05, 4.69) is 149 Å². The zero-order valence-corrected chi connectivity index (χ0v) is 23.8. The van der Waals surface area contributed by atoms with Crippen molar-refractivity contribution in [2.45, 2.75) is 0 Å². The summed E-state index contributed by atoms with van der Waals surface area (Å²) in [5.41, 5.74) is 10.8. The number of benzene rings is 7. The Labute approximate surface area is 253 Å². The summed E-state index contributed by atoms with van der Waals surface area (Å²) in [7, 11) is 0. The van der Waals surface area contributed by atoms with Crippen LogP contribution in [0.1, 0.15) is 5.56 Å². The number of H-pyrrole nitrogens is 1. The molecule has 0 fully saturated rings. The summed E-state index contributed by atoms with van der Waals surface area (Å²) >= 11 is 0. The SMILES string of the molecule is N#Cc1cccc2cccc(-c3c4c([nH]c5ccccc54)c(-c4ccccc4)c4c5ccccc5n(-c5ccccc5)c34)c12. The van der Waals surface area contributed by atoms with Gasteiger partial charge in [-0.05, 0) is 46.8 Å². The first kappa shape index (κ1) is 24.5. The van der Waals surface area contributed by atoms with Crippen LogP contribution in [0.2, 0.25) is 0 Å². The van der Waals surface area contributed by atoms with Crippen LogP contribution in [0.15, 0.2) is 146 Å². The van der Waals surface area contributed by atoms with Gasteiger partial charge in [-0.3, -0.25) is 0 Å². The van der Waals surface area contributed by atoms with Gasteiger partial charge in [0.1, 0.15) is 0 Å². The molecule has 0 radical (unpaired) electrons. The molecule has 0 unspecified atom stereocenters. The Kier molecular flexibility index (Phi) is 5.26. The summed E-state index contributed by atoms with van der Waals surface area (Å²) < 4.78 is 2.42. The van der Waals surface area contributed by atoms with E-state index in [1.165, 1.54) is 16.3 Å². The molecule has 0 atom stereocenters. The first-order valence-electron chi connectivity index (χ1n) is 14.9. The Bertz CT molecular complexity index is 2590. The van der Waals surface area contributed by atoms with E-state index >= 15 is 0 Å². The number of para-hydroxylation sites is 3. The molecule has 2 heterocycles. The Morgan fingerprint density at radius 3 is 2.02 bits per heavy atom. The second-order valence-electron chi connectivity index (χ2n) is 11.3. The fourth-order valence-electron chi connectivity index (χ4n) is 7.21. The van der Waals surface area contributed by atoms with E-state index in [9.17, 15) is 5.26 Å². The van der Waals surface area contributed by atoms with Gasteiger partial charge in [0.05, 0.1) is 28.2 Å². The van der Waals surface area contributed by atoms with Crippen LogP contribution < -0.4 is 0 Å². The van der Waals surface area contributed by atoms with Crippen LogP contribution in [-0.4, -0.2) is 9.55 Å². The number of hydrogen-bond acceptors (Lipinski definition) is 1. The number of nitrogens with one attached hydrogen (secondary N) is 1. The Morgan fingerprint density at radius 1 is 0.545 bits per heavy atom. The lowest BCUT2D eigenvalue weighted by atomic mass is 9.87. The van der Waals surface area contributed by atoms with Gasteiger partial charge in [-0.15, -0.1) is 0 Å². The molecule has 0 saturated heterocycles. The first-order valence-corrected chi connectivity index (χ1v) is 14.9. The van der Waals surface area contributed by atoms with Crippen molar-refractivity contribution in [1.29, 1.82) is 5.26 Å². The minimum atomic E-state index is 0.675. The molecule has 0 aliphatic carbocycles. The minimum absolute atomic E-state index is 0.675. The van der Waals surface area contributed by atoms with Crippen molar-refractivity contribution in [3.63, 3.8) is 0 Å². The van der Waals surface area contributed by atoms with Crippen molar-refractivity contribution in [3.05, 3.63) is 151 Å². The lowest BCUT2D eigenvalue weighted by Gasteiger charge is -2.18. The number of rotatable bonds is 3. The molecular weight excluding hydrogens is 534 g/mol. The van der Waals surface area contributed by atoms with E-state index in [0.29, 0.717) is 5.56 Å². The van der Waals surface area contributed by atoms with Gasteiger partial charge >= 0.3 is 0 Å². The van der Waals surface area contributed by atoms with Gasteiger partial charge < -0.3 is 9.55 Å². The maximum Gasteiger partial charge on any atom is 0.0998 e. The van der Waals surface area contributed by atoms with Crippen LogP contribution in [0.5, 0.6) is 0 Å². The predicted octanol–water partition coefficient (Wildman–Crippen LogP) is 10.8. The van der Waals surface area contributed by atoms with Crippen molar-refractivity contribution in [1.82, 2.24) is 9.55 Å². The number of nitriles is 1. The van der Waals surface area contributed by atoms with Crippen LogP contribution >= 0.6 is 0 Å². The highest BCUT2D eigenvalue weighted by Crippen LogP contribution is 2.51. The monoisotopic (exact) mass is 559 g/mol. The second-order valence-corrected chi connectivity index (χ2v) is 11.3. The smallest absolute Gasteiger partial charge is 0.0998 e. The Balaban J connectivity index is 1.66. The zero-order valence-electron chi connectivity index (χ0n) is 23.8. The van der Waals surface area contributed by atoms with Gasteiger partial charge in [-0.25, -0.2) is 0 Å². The standard InChI is InChI=1S/C41H25N3/c42-25-28-17-11-15-26-16-12-22-32(35(26)28)39-37-30-20-7-9-23-33(30)43-40(37)36(27-13-3-1-4-14-27)38-31-21-8-10-24-34(31)44(41(38)39)29-18-5-2-6-19-29/h1-24,43H. The quantitative estimate of drug-likeness (QED) is 0.230. The normalized spacial score (nSPS) is 11.6. The lowest BCUT2D eigenvalue weighted by Crippen LogP contribution is -1.97. The van der Waals surface area contributed by atoms with Crippen molar-refractivity contribution in [2.24, 2.45) is 0 Å². The third kappa shape index (κ3) is 3.37. The summed E-state index contributed by atoms with van der Waals surface area (Å²) in [5.74, 6) is 0. The van der Waals surface area contributed by atoms with E-state index in [1.54, 1.807) is 0 Å². The Hall–Kier alpha value is -6.11. The van der Waals surface area contributed by atoms with Gasteiger partial charge in [0.2, 0.25) is 0 Å². The molecule has 0 spiro atoms. The second kappa shape index (κ2) is 9.46. The molecule has 3 heteroatoms. The van der Waals surface area contributed by atoms with Gasteiger partial charge in [0.25, 0.3) is 0 Å². The molecule has 0 aliphatic rings. The van der Waals surface area contributed by atoms with Crippen LogP contribution in [-0.2, 0) is 0 Å². The van der Waals surface area contributed by atoms with Crippen LogP contribution in [0, 0.1) is 11.3 Å². The topological polar surface area (TPSA) is 44.5 Å². The molecule has 0 aliphatic heterocycles. The summed E-state index contributed by atoms with van der Waals surface area (Å²) in [6.45, 7) is 0. The van der Waals surface area contributed by atoms with Crippen LogP contribution in [0.3, 0.4) is 0 Å². The summed E-state index contributed by atoms with van der Waals surface area (Å²) in [6.07, 6.45) is 0. The fraction of sp³-hybridized carbons (Fsp3) is 0. The van der Waals surface area contributed by atoms with E-state index in [4.69, 9.17) is 0 Å². The molecule has 204 valence electrons. The third-order valence-electron chi connectivity index (χ3n) is 8.94. The molecule has 9 rings (SSSR count). The summed E-state index contributed by atoms with van der Waals surface area (Å²) in [6, 6.07) is 53.6. The number of nitrogens with zero attached hydrogens (tertiary/aromatic N) is 2. The molecule has 2 aromatic heterocycles. The molecule has 0 bridgehead atoms. The summed E-state index contributed by atoms with van der Waals surface area (Å²) in [5, 5.41) is 17.1. The van der Waals surface area contributed by atoms with Gasteiger partial charge in [0, 0.05) is 49.3 Å². The van der Waals surface area contributed by atoms with Gasteiger partial charge in [0.15, 0.2) is 0 Å². The molecular formula is C41H25N3. The van der Waals surface area contributed by atoms with E-state index in [1.807, 2.05) is 12.1 Å². The molecule has 0 saturated carbocycles. The van der Waals surface area contributed by atoms with Crippen molar-refractivity contribution in [3.8, 4) is 34.0 Å². The number of aromatic nitrogens is 2. The summed E-state index contributed by atoms with van der Waals surface area (Å²) in [4.78, 5) is 3.86. The van der Waals surface area contributed by atoms with Crippen molar-refractivity contribution in [2.75, 3.05) is 0 Å². The van der Waals surface area contributed by atoms with E-state index in [-0.39, 0.29) is 0 Å². The van der Waals surface area contributed by atoms with Crippen molar-refractivity contribution < 1.29 is 0 Å². The van der Waals surface area contributed by atoms with E-state index < -0.39 is 0 Å². The lowest BCUT2D eigenvalue weighted by molar-refractivity contribution is 1.18. The van der Waals surface area contributed by atoms with E-state index in [0.717, 1.165) is 66.0 Å². The molecule has 1 N–H and O–H groups in total. The molecule has 9 aromatic rings. The maximum absolute atomic E-state index is 10.3. The highest BCUT2D eigenvalue weighted by atomic mass is 15.0. The fourth-order valence-corrected chi connectivity index (χ4v) is 7.21. The number of hydrogen-bond donors (Lipinski definition) is 1. The molecule has 0 amide bonds. The largest absolute Gasteiger partial charge is 0.354 e. The minimum Gasteiger partial charge on any atom is -0.354 e.